The molecular formula is C15H10BrFN2O. The van der Waals surface area contributed by atoms with Gasteiger partial charge < -0.3 is 5.32 Å². The van der Waals surface area contributed by atoms with E-state index in [9.17, 15) is 9.18 Å². The molecule has 2 rings (SSSR count). The van der Waals surface area contributed by atoms with Crippen molar-refractivity contribution >= 4 is 21.8 Å². The van der Waals surface area contributed by atoms with Crippen molar-refractivity contribution < 1.29 is 9.18 Å². The number of halogens is 2. The Morgan fingerprint density at radius 1 is 1.20 bits per heavy atom. The predicted molar refractivity (Wildman–Crippen MR) is 76.4 cm³/mol. The number of nitrogens with one attached hydrogen (secondary N) is 1. The Hall–Kier alpha value is -2.19. The van der Waals surface area contributed by atoms with Crippen LogP contribution in [0.15, 0.2) is 53.0 Å². The Balaban J connectivity index is 2.23. The van der Waals surface area contributed by atoms with Crippen molar-refractivity contribution in [1.29, 1.82) is 5.26 Å². The lowest BCUT2D eigenvalue weighted by Gasteiger charge is -2.12. The number of carbonyl (C=O) groups is 1. The van der Waals surface area contributed by atoms with Gasteiger partial charge in [0.05, 0.1) is 16.1 Å². The van der Waals surface area contributed by atoms with E-state index in [1.807, 2.05) is 12.1 Å². The summed E-state index contributed by atoms with van der Waals surface area (Å²) < 4.78 is 14.0. The Morgan fingerprint density at radius 2 is 1.90 bits per heavy atom. The highest BCUT2D eigenvalue weighted by molar-refractivity contribution is 9.10. The molecule has 1 unspecified atom stereocenters. The summed E-state index contributed by atoms with van der Waals surface area (Å²) in [6.07, 6.45) is 0. The molecule has 0 aliphatic heterocycles. The van der Waals surface area contributed by atoms with E-state index in [1.165, 1.54) is 12.1 Å². The molecule has 0 saturated heterocycles. The largest absolute Gasteiger partial charge is 0.332 e. The van der Waals surface area contributed by atoms with Crippen molar-refractivity contribution in [2.75, 3.05) is 0 Å². The van der Waals surface area contributed by atoms with Crippen LogP contribution in [-0.2, 0) is 0 Å². The van der Waals surface area contributed by atoms with Crippen molar-refractivity contribution in [3.05, 3.63) is 69.9 Å². The van der Waals surface area contributed by atoms with Crippen molar-refractivity contribution in [1.82, 2.24) is 5.32 Å². The van der Waals surface area contributed by atoms with Gasteiger partial charge in [-0.1, -0.05) is 36.4 Å². The Labute approximate surface area is 124 Å². The van der Waals surface area contributed by atoms with Crippen LogP contribution in [0, 0.1) is 17.1 Å². The molecule has 0 aromatic heterocycles. The van der Waals surface area contributed by atoms with Crippen LogP contribution in [0.5, 0.6) is 0 Å². The first-order chi connectivity index (χ1) is 9.63. The van der Waals surface area contributed by atoms with Crippen LogP contribution in [0.25, 0.3) is 0 Å². The molecule has 0 fully saturated rings. The van der Waals surface area contributed by atoms with Gasteiger partial charge in [-0.3, -0.25) is 4.79 Å². The van der Waals surface area contributed by atoms with Gasteiger partial charge in [0.15, 0.2) is 0 Å². The number of nitriles is 1. The van der Waals surface area contributed by atoms with Crippen LogP contribution in [0.2, 0.25) is 0 Å². The van der Waals surface area contributed by atoms with Crippen LogP contribution < -0.4 is 5.32 Å². The molecule has 0 aliphatic rings. The van der Waals surface area contributed by atoms with E-state index >= 15 is 0 Å². The summed E-state index contributed by atoms with van der Waals surface area (Å²) in [5.41, 5.74) is 0.550. The minimum absolute atomic E-state index is 0.101. The Bertz CT molecular complexity index is 667. The van der Waals surface area contributed by atoms with Gasteiger partial charge in [-0.2, -0.15) is 5.26 Å². The van der Waals surface area contributed by atoms with Crippen LogP contribution in [0.4, 0.5) is 4.39 Å². The summed E-state index contributed by atoms with van der Waals surface area (Å²) in [6.45, 7) is 0. The Morgan fingerprint density at radius 3 is 2.55 bits per heavy atom. The second-order valence-corrected chi connectivity index (χ2v) is 4.90. The van der Waals surface area contributed by atoms with Crippen molar-refractivity contribution in [3.8, 4) is 6.07 Å². The zero-order valence-electron chi connectivity index (χ0n) is 10.3. The average molecular weight is 333 g/mol. The first-order valence-electron chi connectivity index (χ1n) is 5.83. The molecule has 0 heterocycles. The van der Waals surface area contributed by atoms with Gasteiger partial charge in [0.25, 0.3) is 5.91 Å². The topological polar surface area (TPSA) is 52.9 Å². The first-order valence-corrected chi connectivity index (χ1v) is 6.62. The standard InChI is InChI=1S/C15H10BrFN2O/c16-12-8-4-7-11(14(12)17)15(20)19-13(9-18)10-5-2-1-3-6-10/h1-8,13H,(H,19,20). The minimum Gasteiger partial charge on any atom is -0.332 e. The molecule has 0 spiro atoms. The number of carbonyl (C=O) groups excluding carboxylic acids is 1. The molecule has 0 saturated carbocycles. The number of benzene rings is 2. The van der Waals surface area contributed by atoms with Gasteiger partial charge >= 0.3 is 0 Å². The van der Waals surface area contributed by atoms with E-state index in [1.54, 1.807) is 30.3 Å². The van der Waals surface area contributed by atoms with Gasteiger partial charge in [0.2, 0.25) is 0 Å². The highest BCUT2D eigenvalue weighted by Gasteiger charge is 2.18. The Kier molecular flexibility index (Phi) is 4.49. The number of hydrogen-bond donors (Lipinski definition) is 1. The molecule has 1 N–H and O–H groups in total. The maximum Gasteiger partial charge on any atom is 0.255 e. The smallest absolute Gasteiger partial charge is 0.255 e. The molecule has 100 valence electrons. The summed E-state index contributed by atoms with van der Waals surface area (Å²) in [5.74, 6) is -1.27. The zero-order chi connectivity index (χ0) is 14.5. The highest BCUT2D eigenvalue weighted by Crippen LogP contribution is 2.19. The van der Waals surface area contributed by atoms with Gasteiger partial charge in [-0.05, 0) is 33.6 Å². The van der Waals surface area contributed by atoms with Crippen molar-refractivity contribution in [2.45, 2.75) is 6.04 Å². The highest BCUT2D eigenvalue weighted by atomic mass is 79.9. The third-order valence-electron chi connectivity index (χ3n) is 2.73. The number of nitrogens with zero attached hydrogens (tertiary/aromatic N) is 1. The van der Waals surface area contributed by atoms with Gasteiger partial charge in [0.1, 0.15) is 11.9 Å². The van der Waals surface area contributed by atoms with Crippen LogP contribution in [0.1, 0.15) is 22.0 Å². The molecule has 2 aromatic carbocycles. The monoisotopic (exact) mass is 332 g/mol. The molecule has 20 heavy (non-hydrogen) atoms. The summed E-state index contributed by atoms with van der Waals surface area (Å²) in [7, 11) is 0. The minimum atomic E-state index is -0.818. The molecule has 1 atom stereocenters. The lowest BCUT2D eigenvalue weighted by Crippen LogP contribution is -2.28. The maximum atomic E-state index is 13.8. The number of rotatable bonds is 3. The molecule has 5 heteroatoms. The molecular weight excluding hydrogens is 323 g/mol. The second-order valence-electron chi connectivity index (χ2n) is 4.05. The van der Waals surface area contributed by atoms with E-state index in [2.05, 4.69) is 21.2 Å². The molecule has 0 aliphatic carbocycles. The fourth-order valence-electron chi connectivity index (χ4n) is 1.72. The SMILES string of the molecule is N#CC(NC(=O)c1cccc(Br)c1F)c1ccccc1. The second kappa shape index (κ2) is 6.31. The lowest BCUT2D eigenvalue weighted by atomic mass is 10.1. The maximum absolute atomic E-state index is 13.8. The van der Waals surface area contributed by atoms with Crippen molar-refractivity contribution in [2.24, 2.45) is 0 Å². The third kappa shape index (κ3) is 3.03. The van der Waals surface area contributed by atoms with E-state index in [0.717, 1.165) is 0 Å². The van der Waals surface area contributed by atoms with E-state index in [0.29, 0.717) is 5.56 Å². The molecule has 1 amide bonds. The molecule has 0 radical (unpaired) electrons. The molecule has 0 bridgehead atoms. The normalized spacial score (nSPS) is 11.4. The summed E-state index contributed by atoms with van der Waals surface area (Å²) in [6, 6.07) is 14.4. The lowest BCUT2D eigenvalue weighted by molar-refractivity contribution is 0.0941. The average Bonchev–Trinajstić information content (AvgIpc) is 2.48. The summed E-state index contributed by atoms with van der Waals surface area (Å²) in [5, 5.41) is 11.6. The third-order valence-corrected chi connectivity index (χ3v) is 3.35. The van der Waals surface area contributed by atoms with E-state index in [4.69, 9.17) is 5.26 Å². The fraction of sp³-hybridized carbons (Fsp3) is 0.0667. The van der Waals surface area contributed by atoms with Crippen LogP contribution in [-0.4, -0.2) is 5.91 Å². The zero-order valence-corrected chi connectivity index (χ0v) is 11.9. The van der Waals surface area contributed by atoms with Gasteiger partial charge in [0, 0.05) is 0 Å². The van der Waals surface area contributed by atoms with E-state index in [-0.39, 0.29) is 10.0 Å². The van der Waals surface area contributed by atoms with Gasteiger partial charge in [-0.25, -0.2) is 4.39 Å². The number of hydrogen-bond acceptors (Lipinski definition) is 2. The van der Waals surface area contributed by atoms with Gasteiger partial charge in [-0.15, -0.1) is 0 Å². The molecule has 3 nitrogen and oxygen atoms in total. The van der Waals surface area contributed by atoms with Crippen LogP contribution in [0.3, 0.4) is 0 Å². The first kappa shape index (κ1) is 14.2. The molecule has 2 aromatic rings. The number of amides is 1. The summed E-state index contributed by atoms with van der Waals surface area (Å²) >= 11 is 3.02. The summed E-state index contributed by atoms with van der Waals surface area (Å²) in [4.78, 5) is 12.0. The fourth-order valence-corrected chi connectivity index (χ4v) is 2.09. The quantitative estimate of drug-likeness (QED) is 0.933. The van der Waals surface area contributed by atoms with E-state index < -0.39 is 17.8 Å². The van der Waals surface area contributed by atoms with Crippen molar-refractivity contribution in [3.63, 3.8) is 0 Å². The van der Waals surface area contributed by atoms with Crippen LogP contribution >= 0.6 is 15.9 Å². The predicted octanol–water partition coefficient (Wildman–Crippen LogP) is 3.58.